The molecular formula is C23H23N7O3S. The number of hydrogen-bond acceptors (Lipinski definition) is 8. The molecule has 2 heterocycles. The summed E-state index contributed by atoms with van der Waals surface area (Å²) in [6, 6.07) is 12.6. The summed E-state index contributed by atoms with van der Waals surface area (Å²) in [6.07, 6.45) is 0. The van der Waals surface area contributed by atoms with E-state index in [4.69, 9.17) is 0 Å². The fraction of sp³-hybridized carbons (Fsp3) is 0.130. The van der Waals surface area contributed by atoms with Crippen molar-refractivity contribution in [2.75, 3.05) is 16.0 Å². The highest BCUT2D eigenvalue weighted by atomic mass is 32.2. The predicted molar refractivity (Wildman–Crippen MR) is 131 cm³/mol. The minimum Gasteiger partial charge on any atom is -0.508 e. The van der Waals surface area contributed by atoms with E-state index in [1.807, 2.05) is 45.0 Å². The highest BCUT2D eigenvalue weighted by molar-refractivity contribution is 7.99. The smallest absolute Gasteiger partial charge is 0.323 e. The summed E-state index contributed by atoms with van der Waals surface area (Å²) in [5, 5.41) is 35.2. The van der Waals surface area contributed by atoms with Gasteiger partial charge in [0.15, 0.2) is 5.16 Å². The Morgan fingerprint density at radius 2 is 1.62 bits per heavy atom. The number of aromatic nitrogens is 4. The second-order valence-corrected chi connectivity index (χ2v) is 8.63. The molecule has 174 valence electrons. The lowest BCUT2D eigenvalue weighted by atomic mass is 10.2. The van der Waals surface area contributed by atoms with Crippen LogP contribution in [0.15, 0.2) is 58.6 Å². The summed E-state index contributed by atoms with van der Waals surface area (Å²) >= 11 is 1.42. The number of nitrogens with one attached hydrogen (secondary N) is 4. The van der Waals surface area contributed by atoms with Gasteiger partial charge in [-0.15, -0.1) is 0 Å². The van der Waals surface area contributed by atoms with E-state index in [9.17, 15) is 15.0 Å². The summed E-state index contributed by atoms with van der Waals surface area (Å²) in [5.41, 5.74) is 3.49. The largest absolute Gasteiger partial charge is 0.508 e. The lowest BCUT2D eigenvalue weighted by Gasteiger charge is -2.11. The van der Waals surface area contributed by atoms with Crippen molar-refractivity contribution in [3.05, 3.63) is 65.5 Å². The van der Waals surface area contributed by atoms with Gasteiger partial charge in [-0.3, -0.25) is 5.10 Å². The van der Waals surface area contributed by atoms with E-state index in [1.54, 1.807) is 6.07 Å². The van der Waals surface area contributed by atoms with Crippen LogP contribution in [0.2, 0.25) is 0 Å². The molecule has 0 saturated heterocycles. The van der Waals surface area contributed by atoms with Crippen LogP contribution >= 0.6 is 11.8 Å². The first-order valence-corrected chi connectivity index (χ1v) is 11.1. The minimum absolute atomic E-state index is 0.149. The third kappa shape index (κ3) is 5.95. The van der Waals surface area contributed by atoms with Crippen LogP contribution < -0.4 is 16.0 Å². The van der Waals surface area contributed by atoms with Crippen LogP contribution in [0.25, 0.3) is 0 Å². The normalized spacial score (nSPS) is 10.7. The van der Waals surface area contributed by atoms with Crippen LogP contribution in [-0.4, -0.2) is 36.4 Å². The van der Waals surface area contributed by atoms with E-state index in [0.29, 0.717) is 16.7 Å². The highest BCUT2D eigenvalue weighted by Crippen LogP contribution is 2.31. The lowest BCUT2D eigenvalue weighted by Crippen LogP contribution is -2.19. The predicted octanol–water partition coefficient (Wildman–Crippen LogP) is 5.07. The van der Waals surface area contributed by atoms with Crippen LogP contribution in [0.3, 0.4) is 0 Å². The molecular weight excluding hydrogens is 454 g/mol. The van der Waals surface area contributed by atoms with Crippen molar-refractivity contribution >= 4 is 40.8 Å². The molecule has 0 saturated carbocycles. The van der Waals surface area contributed by atoms with Gasteiger partial charge in [0.2, 0.25) is 0 Å². The summed E-state index contributed by atoms with van der Waals surface area (Å²) in [6.45, 7) is 5.73. The maximum atomic E-state index is 12.3. The first kappa shape index (κ1) is 22.9. The average Bonchev–Trinajstić information content (AvgIpc) is 3.13. The minimum atomic E-state index is -0.503. The van der Waals surface area contributed by atoms with Crippen molar-refractivity contribution < 1.29 is 15.0 Å². The van der Waals surface area contributed by atoms with E-state index in [1.165, 1.54) is 30.0 Å². The van der Waals surface area contributed by atoms with Gasteiger partial charge >= 0.3 is 6.03 Å². The molecule has 0 aliphatic heterocycles. The van der Waals surface area contributed by atoms with E-state index in [0.717, 1.165) is 27.7 Å². The zero-order valence-electron chi connectivity index (χ0n) is 18.7. The Morgan fingerprint density at radius 3 is 2.29 bits per heavy atom. The fourth-order valence-corrected chi connectivity index (χ4v) is 4.06. The number of rotatable bonds is 6. The summed E-state index contributed by atoms with van der Waals surface area (Å²) < 4.78 is 0. The van der Waals surface area contributed by atoms with E-state index >= 15 is 0 Å². The van der Waals surface area contributed by atoms with Crippen LogP contribution in [0, 0.1) is 20.8 Å². The number of urea groups is 1. The van der Waals surface area contributed by atoms with Gasteiger partial charge in [-0.1, -0.05) is 0 Å². The van der Waals surface area contributed by atoms with Crippen molar-refractivity contribution in [1.82, 2.24) is 20.2 Å². The van der Waals surface area contributed by atoms with Crippen molar-refractivity contribution in [2.45, 2.75) is 30.8 Å². The molecule has 0 fully saturated rings. The van der Waals surface area contributed by atoms with Gasteiger partial charge in [0.05, 0.1) is 5.69 Å². The number of benzene rings is 2. The molecule has 0 spiro atoms. The Balaban J connectivity index is 1.43. The topological polar surface area (TPSA) is 148 Å². The Labute approximate surface area is 199 Å². The van der Waals surface area contributed by atoms with Gasteiger partial charge in [-0.2, -0.15) is 5.10 Å². The van der Waals surface area contributed by atoms with Gasteiger partial charge in [0.1, 0.15) is 23.1 Å². The molecule has 2 aromatic carbocycles. The molecule has 0 aliphatic carbocycles. The second-order valence-electron chi connectivity index (χ2n) is 7.62. The number of carbonyl (C=O) groups excluding carboxylic acids is 1. The maximum Gasteiger partial charge on any atom is 0.323 e. The third-order valence-corrected chi connectivity index (χ3v) is 5.64. The van der Waals surface area contributed by atoms with Crippen molar-refractivity contribution in [3.63, 3.8) is 0 Å². The number of aromatic hydroxyl groups is 2. The number of aryl methyl sites for hydroxylation is 3. The summed E-state index contributed by atoms with van der Waals surface area (Å²) in [7, 11) is 0. The number of phenolic OH excluding ortho intramolecular Hbond substituents is 2. The second kappa shape index (κ2) is 9.71. The number of hydrogen-bond donors (Lipinski definition) is 6. The standard InChI is InChI=1S/C23H23N7O3S/c1-12-6-15(25-22(33)26-16-9-17(31)11-18(32)10-16)4-5-19(12)34-23-24-13(2)7-20(28-23)27-21-8-14(3)29-30-21/h4-11,31-32H,1-3H3,(H2,25,26,33)(H2,24,27,28,29,30). The molecule has 10 nitrogen and oxygen atoms in total. The lowest BCUT2D eigenvalue weighted by molar-refractivity contribution is 0.262. The van der Waals surface area contributed by atoms with Gasteiger partial charge in [-0.25, -0.2) is 14.8 Å². The number of nitrogens with zero attached hydrogens (tertiary/aromatic N) is 3. The first-order valence-electron chi connectivity index (χ1n) is 10.3. The summed E-state index contributed by atoms with van der Waals surface area (Å²) in [4.78, 5) is 22.3. The highest BCUT2D eigenvalue weighted by Gasteiger charge is 2.10. The van der Waals surface area contributed by atoms with E-state index in [2.05, 4.69) is 36.1 Å². The number of anilines is 4. The molecule has 34 heavy (non-hydrogen) atoms. The van der Waals surface area contributed by atoms with Crippen molar-refractivity contribution in [2.24, 2.45) is 0 Å². The number of amides is 2. The molecule has 2 aromatic heterocycles. The van der Waals surface area contributed by atoms with Gasteiger partial charge in [0, 0.05) is 52.3 Å². The Bertz CT molecular complexity index is 1340. The van der Waals surface area contributed by atoms with Crippen molar-refractivity contribution in [3.8, 4) is 11.5 Å². The van der Waals surface area contributed by atoms with Gasteiger partial charge in [0.25, 0.3) is 0 Å². The molecule has 0 atom stereocenters. The molecule has 11 heteroatoms. The van der Waals surface area contributed by atoms with Crippen LogP contribution in [0.5, 0.6) is 11.5 Å². The quantitative estimate of drug-likeness (QED) is 0.211. The Hall–Kier alpha value is -4.25. The molecule has 0 unspecified atom stereocenters. The summed E-state index contributed by atoms with van der Waals surface area (Å²) in [5.74, 6) is 1.11. The fourth-order valence-electron chi connectivity index (χ4n) is 3.18. The molecule has 2 amide bonds. The van der Waals surface area contributed by atoms with Crippen LogP contribution in [0.4, 0.5) is 27.8 Å². The van der Waals surface area contributed by atoms with E-state index < -0.39 is 6.03 Å². The molecule has 0 radical (unpaired) electrons. The molecule has 4 rings (SSSR count). The third-order valence-electron chi connectivity index (χ3n) is 4.60. The molecule has 4 aromatic rings. The number of phenols is 2. The Kier molecular flexibility index (Phi) is 6.55. The number of carbonyl (C=O) groups is 1. The zero-order valence-corrected chi connectivity index (χ0v) is 19.5. The van der Waals surface area contributed by atoms with Gasteiger partial charge < -0.3 is 26.2 Å². The van der Waals surface area contributed by atoms with Crippen LogP contribution in [0.1, 0.15) is 17.0 Å². The number of aromatic amines is 1. The maximum absolute atomic E-state index is 12.3. The molecule has 0 bridgehead atoms. The van der Waals surface area contributed by atoms with E-state index in [-0.39, 0.29) is 17.2 Å². The van der Waals surface area contributed by atoms with Gasteiger partial charge in [-0.05, 0) is 56.3 Å². The zero-order chi connectivity index (χ0) is 24.2. The first-order chi connectivity index (χ1) is 16.2. The molecule has 6 N–H and O–H groups in total. The monoisotopic (exact) mass is 477 g/mol. The Morgan fingerprint density at radius 1 is 0.882 bits per heavy atom. The number of H-pyrrole nitrogens is 1. The molecule has 0 aliphatic rings. The van der Waals surface area contributed by atoms with Crippen molar-refractivity contribution in [1.29, 1.82) is 0 Å². The SMILES string of the molecule is Cc1cc(Nc2cc(C)nc(Sc3ccc(NC(=O)Nc4cc(O)cc(O)c4)cc3C)n2)[nH]n1. The van der Waals surface area contributed by atoms with Crippen LogP contribution in [-0.2, 0) is 0 Å². The average molecular weight is 478 g/mol.